The number of aromatic nitrogens is 1. The van der Waals surface area contributed by atoms with Crippen LogP contribution in [-0.2, 0) is 0 Å². The molecule has 1 rings (SSSR count). The van der Waals surface area contributed by atoms with Crippen molar-refractivity contribution in [3.05, 3.63) is 27.9 Å². The highest BCUT2D eigenvalue weighted by atomic mass is 16.6. The van der Waals surface area contributed by atoms with Crippen LogP contribution < -0.4 is 4.90 Å². The first-order valence-electron chi connectivity index (χ1n) is 5.43. The molecular weight excluding hydrogens is 254 g/mol. The van der Waals surface area contributed by atoms with Gasteiger partial charge in [-0.05, 0) is 13.8 Å². The average molecular weight is 269 g/mol. The van der Waals surface area contributed by atoms with Gasteiger partial charge in [-0.25, -0.2) is 9.78 Å². The molecular formula is C11H15N3O5. The van der Waals surface area contributed by atoms with Crippen LogP contribution in [0.2, 0.25) is 0 Å². The van der Waals surface area contributed by atoms with Crippen LogP contribution in [0, 0.1) is 10.1 Å². The molecule has 0 aromatic carbocycles. The molecule has 1 heterocycles. The highest BCUT2D eigenvalue weighted by Crippen LogP contribution is 2.26. The lowest BCUT2D eigenvalue weighted by Gasteiger charge is -2.35. The highest BCUT2D eigenvalue weighted by molar-refractivity contribution is 5.94. The van der Waals surface area contributed by atoms with Gasteiger partial charge < -0.3 is 15.1 Å². The van der Waals surface area contributed by atoms with Crippen molar-refractivity contribution in [1.29, 1.82) is 0 Å². The predicted molar refractivity (Wildman–Crippen MR) is 67.4 cm³/mol. The topological polar surface area (TPSA) is 117 Å². The third-order valence-corrected chi connectivity index (χ3v) is 2.91. The Balaban J connectivity index is 3.36. The van der Waals surface area contributed by atoms with Crippen LogP contribution in [0.15, 0.2) is 12.3 Å². The van der Waals surface area contributed by atoms with Gasteiger partial charge in [0.2, 0.25) is 0 Å². The third kappa shape index (κ3) is 2.97. The first-order chi connectivity index (χ1) is 8.70. The molecule has 0 radical (unpaired) electrons. The van der Waals surface area contributed by atoms with E-state index in [4.69, 9.17) is 5.11 Å². The molecule has 19 heavy (non-hydrogen) atoms. The molecule has 0 unspecified atom stereocenters. The number of carboxylic acids is 1. The number of pyridine rings is 1. The van der Waals surface area contributed by atoms with Gasteiger partial charge in [-0.15, -0.1) is 0 Å². The van der Waals surface area contributed by atoms with Crippen LogP contribution >= 0.6 is 0 Å². The second-order valence-corrected chi connectivity index (χ2v) is 4.66. The number of aliphatic hydroxyl groups excluding tert-OH is 1. The number of carbonyl (C=O) groups is 1. The standard InChI is InChI=1S/C11H15N3O5/c1-11(2,6-15)13(3)9-8(10(16)17)4-7(5-12-9)14(18)19/h4-5,15H,6H2,1-3H3,(H,16,17). The van der Waals surface area contributed by atoms with E-state index in [0.717, 1.165) is 12.3 Å². The van der Waals surface area contributed by atoms with Crippen molar-refractivity contribution in [2.45, 2.75) is 19.4 Å². The second kappa shape index (κ2) is 5.19. The van der Waals surface area contributed by atoms with Gasteiger partial charge in [0, 0.05) is 13.1 Å². The maximum Gasteiger partial charge on any atom is 0.339 e. The molecule has 8 heteroatoms. The number of aromatic carboxylic acids is 1. The van der Waals surface area contributed by atoms with Crippen molar-refractivity contribution in [3.8, 4) is 0 Å². The number of hydrogen-bond donors (Lipinski definition) is 2. The molecule has 0 aliphatic rings. The summed E-state index contributed by atoms with van der Waals surface area (Å²) in [5.74, 6) is -1.25. The van der Waals surface area contributed by atoms with Gasteiger partial charge in [0.05, 0.1) is 17.1 Å². The summed E-state index contributed by atoms with van der Waals surface area (Å²) < 4.78 is 0. The van der Waals surface area contributed by atoms with E-state index in [9.17, 15) is 20.0 Å². The monoisotopic (exact) mass is 269 g/mol. The number of aliphatic hydroxyl groups is 1. The Hall–Kier alpha value is -2.22. The zero-order valence-electron chi connectivity index (χ0n) is 10.8. The van der Waals surface area contributed by atoms with E-state index in [2.05, 4.69) is 4.98 Å². The molecule has 0 atom stereocenters. The van der Waals surface area contributed by atoms with Crippen molar-refractivity contribution < 1.29 is 19.9 Å². The molecule has 0 fully saturated rings. The minimum Gasteiger partial charge on any atom is -0.478 e. The molecule has 8 nitrogen and oxygen atoms in total. The summed E-state index contributed by atoms with van der Waals surface area (Å²) in [6, 6.07) is 0.953. The maximum atomic E-state index is 11.2. The first kappa shape index (κ1) is 14.8. The van der Waals surface area contributed by atoms with Crippen LogP contribution in [0.1, 0.15) is 24.2 Å². The quantitative estimate of drug-likeness (QED) is 0.602. The summed E-state index contributed by atoms with van der Waals surface area (Å²) in [5.41, 5.74) is -1.41. The zero-order valence-corrected chi connectivity index (χ0v) is 10.8. The Morgan fingerprint density at radius 2 is 2.16 bits per heavy atom. The highest BCUT2D eigenvalue weighted by Gasteiger charge is 2.28. The van der Waals surface area contributed by atoms with Gasteiger partial charge in [-0.2, -0.15) is 0 Å². The van der Waals surface area contributed by atoms with Gasteiger partial charge >= 0.3 is 5.97 Å². The average Bonchev–Trinajstić information content (AvgIpc) is 2.36. The van der Waals surface area contributed by atoms with Gasteiger partial charge in [-0.3, -0.25) is 10.1 Å². The molecule has 0 bridgehead atoms. The van der Waals surface area contributed by atoms with Crippen LogP contribution in [-0.4, -0.2) is 45.3 Å². The number of rotatable bonds is 5. The molecule has 1 aromatic heterocycles. The Bertz CT molecular complexity index is 515. The molecule has 0 saturated carbocycles. The summed E-state index contributed by atoms with van der Waals surface area (Å²) in [5, 5.41) is 29.0. The van der Waals surface area contributed by atoms with Crippen molar-refractivity contribution >= 4 is 17.5 Å². The van der Waals surface area contributed by atoms with Crippen LogP contribution in [0.3, 0.4) is 0 Å². The molecule has 0 aliphatic heterocycles. The van der Waals surface area contributed by atoms with E-state index in [1.165, 1.54) is 4.90 Å². The zero-order chi connectivity index (χ0) is 14.8. The van der Waals surface area contributed by atoms with Gasteiger partial charge in [0.25, 0.3) is 5.69 Å². The Morgan fingerprint density at radius 1 is 1.58 bits per heavy atom. The number of hydrogen-bond acceptors (Lipinski definition) is 6. The Morgan fingerprint density at radius 3 is 2.58 bits per heavy atom. The molecule has 0 amide bonds. The SMILES string of the molecule is CN(c1ncc([N+](=O)[O-])cc1C(=O)O)C(C)(C)CO. The van der Waals surface area contributed by atoms with Gasteiger partial charge in [0.15, 0.2) is 0 Å². The number of carboxylic acid groups (broad SMARTS) is 1. The maximum absolute atomic E-state index is 11.2. The summed E-state index contributed by atoms with van der Waals surface area (Å²) in [4.78, 5) is 26.4. The fraction of sp³-hybridized carbons (Fsp3) is 0.455. The fourth-order valence-corrected chi connectivity index (χ4v) is 1.36. The minimum atomic E-state index is -1.31. The Kier molecular flexibility index (Phi) is 4.05. The van der Waals surface area contributed by atoms with Gasteiger partial charge in [-0.1, -0.05) is 0 Å². The summed E-state index contributed by atoms with van der Waals surface area (Å²) in [7, 11) is 1.57. The predicted octanol–water partition coefficient (Wildman–Crippen LogP) is 0.895. The molecule has 2 N–H and O–H groups in total. The molecule has 104 valence electrons. The lowest BCUT2D eigenvalue weighted by Crippen LogP contribution is -2.45. The molecule has 1 aromatic rings. The molecule has 0 aliphatic carbocycles. The fourth-order valence-electron chi connectivity index (χ4n) is 1.36. The van der Waals surface area contributed by atoms with Crippen LogP contribution in [0.5, 0.6) is 0 Å². The van der Waals surface area contributed by atoms with Crippen molar-refractivity contribution in [3.63, 3.8) is 0 Å². The van der Waals surface area contributed by atoms with E-state index in [1.54, 1.807) is 20.9 Å². The normalized spacial score (nSPS) is 11.2. The second-order valence-electron chi connectivity index (χ2n) is 4.66. The third-order valence-electron chi connectivity index (χ3n) is 2.91. The van der Waals surface area contributed by atoms with Crippen molar-refractivity contribution in [1.82, 2.24) is 4.98 Å². The summed E-state index contributed by atoms with van der Waals surface area (Å²) >= 11 is 0. The molecule has 0 spiro atoms. The van der Waals surface area contributed by atoms with E-state index >= 15 is 0 Å². The number of likely N-dealkylation sites (N-methyl/N-ethyl adjacent to an activating group) is 1. The minimum absolute atomic E-state index is 0.0668. The molecule has 0 saturated heterocycles. The lowest BCUT2D eigenvalue weighted by atomic mass is 10.0. The number of anilines is 1. The summed E-state index contributed by atoms with van der Waals surface area (Å²) in [6.45, 7) is 3.17. The largest absolute Gasteiger partial charge is 0.478 e. The van der Waals surface area contributed by atoms with Gasteiger partial charge in [0.1, 0.15) is 17.6 Å². The van der Waals surface area contributed by atoms with Crippen LogP contribution in [0.4, 0.5) is 11.5 Å². The smallest absolute Gasteiger partial charge is 0.339 e. The Labute approximate surface area is 109 Å². The first-order valence-corrected chi connectivity index (χ1v) is 5.43. The summed E-state index contributed by atoms with van der Waals surface area (Å²) in [6.07, 6.45) is 0.992. The van der Waals surface area contributed by atoms with Crippen molar-refractivity contribution in [2.24, 2.45) is 0 Å². The van der Waals surface area contributed by atoms with E-state index in [0.29, 0.717) is 0 Å². The van der Waals surface area contributed by atoms with E-state index < -0.39 is 22.1 Å². The van der Waals surface area contributed by atoms with Crippen molar-refractivity contribution in [2.75, 3.05) is 18.6 Å². The van der Waals surface area contributed by atoms with E-state index in [-0.39, 0.29) is 18.0 Å². The van der Waals surface area contributed by atoms with Crippen LogP contribution in [0.25, 0.3) is 0 Å². The lowest BCUT2D eigenvalue weighted by molar-refractivity contribution is -0.385. The van der Waals surface area contributed by atoms with E-state index in [1.807, 2.05) is 0 Å². The number of nitro groups is 1. The number of nitrogens with zero attached hydrogens (tertiary/aromatic N) is 3.